The molecule has 0 radical (unpaired) electrons. The number of carbonyl (C=O) groups excluding carboxylic acids is 2. The number of fused-ring (bicyclic) bond motifs is 1. The molecule has 3 aromatic rings. The van der Waals surface area contributed by atoms with E-state index in [1.807, 2.05) is 33.8 Å². The first-order valence-electron chi connectivity index (χ1n) is 12.9. The van der Waals surface area contributed by atoms with Crippen LogP contribution in [0.5, 0.6) is 0 Å². The number of halogens is 3. The maximum absolute atomic E-state index is 13.8. The third kappa shape index (κ3) is 6.24. The van der Waals surface area contributed by atoms with Gasteiger partial charge in [0.25, 0.3) is 5.91 Å². The van der Waals surface area contributed by atoms with Gasteiger partial charge >= 0.3 is 0 Å². The second-order valence-corrected chi connectivity index (χ2v) is 11.5. The highest BCUT2D eigenvalue weighted by Gasteiger charge is 2.25. The zero-order valence-electron chi connectivity index (χ0n) is 22.2. The van der Waals surface area contributed by atoms with Crippen molar-refractivity contribution in [3.8, 4) is 0 Å². The number of nitrogens with zero attached hydrogens (tertiary/aromatic N) is 2. The van der Waals surface area contributed by atoms with Gasteiger partial charge in [-0.15, -0.1) is 0 Å². The molecular weight excluding hydrogens is 528 g/mol. The highest BCUT2D eigenvalue weighted by molar-refractivity contribution is 6.36. The lowest BCUT2D eigenvalue weighted by molar-refractivity contribution is -0.128. The largest absolute Gasteiger partial charge is 0.371 e. The maximum Gasteiger partial charge on any atom is 0.253 e. The van der Waals surface area contributed by atoms with Gasteiger partial charge < -0.3 is 20.5 Å². The molecule has 2 heterocycles. The van der Waals surface area contributed by atoms with Gasteiger partial charge in [-0.2, -0.15) is 0 Å². The first-order chi connectivity index (χ1) is 18.0. The van der Waals surface area contributed by atoms with E-state index in [9.17, 15) is 14.0 Å². The number of imidazole rings is 1. The van der Waals surface area contributed by atoms with Crippen LogP contribution in [-0.2, 0) is 17.8 Å². The molecule has 0 atom stereocenters. The number of hydrogen-bond acceptors (Lipinski definition) is 4. The van der Waals surface area contributed by atoms with Crippen LogP contribution in [0.2, 0.25) is 10.0 Å². The number of alkyl halides is 1. The van der Waals surface area contributed by atoms with Gasteiger partial charge in [0.1, 0.15) is 12.0 Å². The van der Waals surface area contributed by atoms with Crippen LogP contribution < -0.4 is 15.5 Å². The van der Waals surface area contributed by atoms with Gasteiger partial charge in [0.15, 0.2) is 0 Å². The molecule has 1 saturated heterocycles. The first-order valence-corrected chi connectivity index (χ1v) is 13.7. The summed E-state index contributed by atoms with van der Waals surface area (Å²) in [7, 11) is 0. The fourth-order valence-electron chi connectivity index (χ4n) is 4.52. The third-order valence-corrected chi connectivity index (χ3v) is 7.55. The van der Waals surface area contributed by atoms with E-state index >= 15 is 0 Å². The van der Waals surface area contributed by atoms with Gasteiger partial charge in [0.05, 0.1) is 27.3 Å². The minimum Gasteiger partial charge on any atom is -0.371 e. The molecule has 0 spiro atoms. The minimum atomic E-state index is -0.813. The molecule has 3 N–H and O–H groups in total. The highest BCUT2D eigenvalue weighted by Crippen LogP contribution is 2.33. The van der Waals surface area contributed by atoms with Gasteiger partial charge in [-0.3, -0.25) is 9.59 Å². The lowest BCUT2D eigenvalue weighted by Crippen LogP contribution is -2.36. The third-order valence-electron chi connectivity index (χ3n) is 6.73. The fourth-order valence-corrected chi connectivity index (χ4v) is 5.09. The number of rotatable bonds is 7. The Labute approximate surface area is 232 Å². The summed E-state index contributed by atoms with van der Waals surface area (Å²) in [5.74, 6) is 0.386. The molecule has 4 rings (SSSR count). The van der Waals surface area contributed by atoms with Crippen molar-refractivity contribution in [1.82, 2.24) is 20.6 Å². The molecule has 1 fully saturated rings. The lowest BCUT2D eigenvalue weighted by atomic mass is 9.95. The normalized spacial score (nSPS) is 14.7. The number of amides is 2. The van der Waals surface area contributed by atoms with Crippen molar-refractivity contribution in [2.75, 3.05) is 24.5 Å². The van der Waals surface area contributed by atoms with Crippen LogP contribution in [0.3, 0.4) is 0 Å². The molecule has 1 aliphatic heterocycles. The maximum atomic E-state index is 13.8. The van der Waals surface area contributed by atoms with Gasteiger partial charge in [-0.05, 0) is 49.1 Å². The van der Waals surface area contributed by atoms with E-state index in [4.69, 9.17) is 28.2 Å². The van der Waals surface area contributed by atoms with Gasteiger partial charge in [-0.1, -0.05) is 50.0 Å². The van der Waals surface area contributed by atoms with E-state index in [0.29, 0.717) is 76.9 Å². The van der Waals surface area contributed by atoms with Crippen molar-refractivity contribution < 1.29 is 14.0 Å². The average molecular weight is 563 g/mol. The molecule has 1 aromatic heterocycles. The summed E-state index contributed by atoms with van der Waals surface area (Å²) in [5.41, 5.74) is 3.64. The quantitative estimate of drug-likeness (QED) is 0.339. The lowest BCUT2D eigenvalue weighted by Gasteiger charge is -2.31. The SMILES string of the molecule is CCNC(=O)c1cc2[nH]c(Cc3c(Cl)ccc(CNC(=O)C(C)(C)C)c3Cl)nc2cc1N1CCC(F)CC1. The van der Waals surface area contributed by atoms with Crippen LogP contribution in [0.25, 0.3) is 11.0 Å². The van der Waals surface area contributed by atoms with E-state index in [1.54, 1.807) is 18.2 Å². The van der Waals surface area contributed by atoms with E-state index in [-0.39, 0.29) is 18.4 Å². The predicted molar refractivity (Wildman–Crippen MR) is 151 cm³/mol. The van der Waals surface area contributed by atoms with Crippen molar-refractivity contribution in [3.05, 3.63) is 56.8 Å². The van der Waals surface area contributed by atoms with Crippen molar-refractivity contribution in [3.63, 3.8) is 0 Å². The van der Waals surface area contributed by atoms with Crippen LogP contribution in [-0.4, -0.2) is 47.6 Å². The molecule has 2 amide bonds. The van der Waals surface area contributed by atoms with E-state index < -0.39 is 11.6 Å². The number of piperidine rings is 1. The highest BCUT2D eigenvalue weighted by atomic mass is 35.5. The van der Waals surface area contributed by atoms with Crippen molar-refractivity contribution in [1.29, 1.82) is 0 Å². The van der Waals surface area contributed by atoms with Crippen LogP contribution in [0, 0.1) is 5.41 Å². The molecular formula is C28H34Cl2FN5O2. The Morgan fingerprint density at radius 2 is 1.87 bits per heavy atom. The first kappa shape index (κ1) is 28.2. The van der Waals surface area contributed by atoms with Crippen LogP contribution >= 0.6 is 23.2 Å². The van der Waals surface area contributed by atoms with Crippen molar-refractivity contribution in [2.24, 2.45) is 5.41 Å². The topological polar surface area (TPSA) is 90.1 Å². The number of carbonyl (C=O) groups is 2. The number of hydrogen-bond donors (Lipinski definition) is 3. The summed E-state index contributed by atoms with van der Waals surface area (Å²) in [6, 6.07) is 7.26. The van der Waals surface area contributed by atoms with Gasteiger partial charge in [0, 0.05) is 43.0 Å². The monoisotopic (exact) mass is 561 g/mol. The zero-order valence-corrected chi connectivity index (χ0v) is 23.7. The number of aromatic amines is 1. The number of aromatic nitrogens is 2. The molecule has 1 aliphatic rings. The second-order valence-electron chi connectivity index (χ2n) is 10.7. The minimum absolute atomic E-state index is 0.0724. The zero-order chi connectivity index (χ0) is 27.6. The summed E-state index contributed by atoms with van der Waals surface area (Å²) in [4.78, 5) is 35.3. The molecule has 7 nitrogen and oxygen atoms in total. The molecule has 0 aliphatic carbocycles. The van der Waals surface area contributed by atoms with Crippen LogP contribution in [0.4, 0.5) is 10.1 Å². The fraction of sp³-hybridized carbons (Fsp3) is 0.464. The van der Waals surface area contributed by atoms with E-state index in [1.165, 1.54) is 0 Å². The summed E-state index contributed by atoms with van der Waals surface area (Å²) < 4.78 is 13.8. The van der Waals surface area contributed by atoms with Crippen LogP contribution in [0.1, 0.15) is 67.8 Å². The van der Waals surface area contributed by atoms with Crippen molar-refractivity contribution in [2.45, 2.75) is 59.7 Å². The molecule has 10 heteroatoms. The Morgan fingerprint density at radius 3 is 2.53 bits per heavy atom. The van der Waals surface area contributed by atoms with Gasteiger partial charge in [0.2, 0.25) is 5.91 Å². The standard InChI is InChI=1S/C28H34Cl2FN5O2/c1-5-32-26(37)19-12-21-22(14-23(19)36-10-8-17(31)9-11-36)35-24(34-21)13-18-20(29)7-6-16(25(18)30)15-33-27(38)28(2,3)4/h6-7,12,14,17H,5,8-11,13,15H2,1-4H3,(H,32,37)(H,33,38)(H,34,35). The molecule has 38 heavy (non-hydrogen) atoms. The number of benzene rings is 2. The Hall–Kier alpha value is -2.84. The van der Waals surface area contributed by atoms with E-state index in [0.717, 1.165) is 11.3 Å². The number of nitrogens with one attached hydrogen (secondary N) is 3. The summed E-state index contributed by atoms with van der Waals surface area (Å²) in [5, 5.41) is 6.77. The molecule has 2 aromatic carbocycles. The molecule has 0 unspecified atom stereocenters. The Balaban J connectivity index is 1.64. The Bertz CT molecular complexity index is 1340. The average Bonchev–Trinajstić information content (AvgIpc) is 3.26. The molecule has 0 saturated carbocycles. The summed E-state index contributed by atoms with van der Waals surface area (Å²) >= 11 is 13.3. The van der Waals surface area contributed by atoms with Crippen molar-refractivity contribution >= 4 is 51.7 Å². The summed E-state index contributed by atoms with van der Waals surface area (Å²) in [6.07, 6.45) is 0.392. The Kier molecular flexibility index (Phi) is 8.52. The number of H-pyrrole nitrogens is 1. The smallest absolute Gasteiger partial charge is 0.253 e. The molecule has 0 bridgehead atoms. The molecule has 204 valence electrons. The van der Waals surface area contributed by atoms with E-state index in [2.05, 4.69) is 20.5 Å². The van der Waals surface area contributed by atoms with Gasteiger partial charge in [-0.25, -0.2) is 9.37 Å². The number of anilines is 1. The van der Waals surface area contributed by atoms with Crippen LogP contribution in [0.15, 0.2) is 24.3 Å². The summed E-state index contributed by atoms with van der Waals surface area (Å²) in [6.45, 7) is 9.30. The second kappa shape index (κ2) is 11.5. The Morgan fingerprint density at radius 1 is 1.16 bits per heavy atom. The predicted octanol–water partition coefficient (Wildman–Crippen LogP) is 5.81.